The number of hydrogen-bond donors (Lipinski definition) is 1. The Morgan fingerprint density at radius 1 is 1.30 bits per heavy atom. The molecule has 3 nitrogen and oxygen atoms in total. The monoisotopic (exact) mass is 347 g/mol. The van der Waals surface area contributed by atoms with Gasteiger partial charge in [-0.2, -0.15) is 8.78 Å². The predicted molar refractivity (Wildman–Crippen MR) is 75.5 cm³/mol. The normalized spacial score (nSPS) is 17.2. The summed E-state index contributed by atoms with van der Waals surface area (Å²) in [5, 5.41) is 3.76. The Bertz CT molecular complexity index is 459. The highest BCUT2D eigenvalue weighted by molar-refractivity contribution is 9.09. The van der Waals surface area contributed by atoms with Crippen LogP contribution in [0.2, 0.25) is 0 Å². The van der Waals surface area contributed by atoms with E-state index in [2.05, 4.69) is 26.0 Å². The number of nitrogens with one attached hydrogen (secondary N) is 1. The summed E-state index contributed by atoms with van der Waals surface area (Å²) >= 11 is 3.46. The summed E-state index contributed by atoms with van der Waals surface area (Å²) in [6, 6.07) is 5.72. The molecule has 0 saturated heterocycles. The van der Waals surface area contributed by atoms with E-state index in [1.807, 2.05) is 0 Å². The molecule has 20 heavy (non-hydrogen) atoms. The lowest BCUT2D eigenvalue weighted by Gasteiger charge is -2.28. The van der Waals surface area contributed by atoms with Crippen LogP contribution in [0.4, 0.5) is 8.78 Å². The topological polar surface area (TPSA) is 38.3 Å². The summed E-state index contributed by atoms with van der Waals surface area (Å²) in [4.78, 5) is 12.2. The van der Waals surface area contributed by atoms with Crippen LogP contribution in [0.1, 0.15) is 36.0 Å². The molecular formula is C14H16BrF2NO2. The fourth-order valence-corrected chi connectivity index (χ4v) is 3.15. The fraction of sp³-hybridized carbons (Fsp3) is 0.500. The number of benzene rings is 1. The summed E-state index contributed by atoms with van der Waals surface area (Å²) < 4.78 is 28.3. The molecule has 0 aromatic heterocycles. The lowest BCUT2D eigenvalue weighted by molar-refractivity contribution is -0.0498. The highest BCUT2D eigenvalue weighted by Gasteiger charge is 2.34. The molecule has 0 atom stereocenters. The molecule has 0 heterocycles. The van der Waals surface area contributed by atoms with Gasteiger partial charge in [0, 0.05) is 10.9 Å². The van der Waals surface area contributed by atoms with E-state index >= 15 is 0 Å². The van der Waals surface area contributed by atoms with E-state index in [-0.39, 0.29) is 17.2 Å². The average Bonchev–Trinajstić information content (AvgIpc) is 2.88. The molecular weight excluding hydrogens is 332 g/mol. The molecule has 1 fully saturated rings. The first-order valence-corrected chi connectivity index (χ1v) is 7.60. The fourth-order valence-electron chi connectivity index (χ4n) is 2.44. The third-order valence-corrected chi connectivity index (χ3v) is 4.61. The van der Waals surface area contributed by atoms with Crippen molar-refractivity contribution in [3.8, 4) is 5.75 Å². The Morgan fingerprint density at radius 2 is 1.90 bits per heavy atom. The van der Waals surface area contributed by atoms with Gasteiger partial charge in [-0.3, -0.25) is 4.79 Å². The number of amides is 1. The van der Waals surface area contributed by atoms with Crippen LogP contribution in [-0.4, -0.2) is 23.4 Å². The zero-order valence-corrected chi connectivity index (χ0v) is 12.5. The minimum atomic E-state index is -2.86. The first kappa shape index (κ1) is 15.2. The second-order valence-corrected chi connectivity index (χ2v) is 5.54. The van der Waals surface area contributed by atoms with E-state index in [0.717, 1.165) is 31.0 Å². The molecule has 1 aromatic carbocycles. The van der Waals surface area contributed by atoms with Crippen molar-refractivity contribution >= 4 is 21.8 Å². The van der Waals surface area contributed by atoms with E-state index in [1.165, 1.54) is 24.3 Å². The van der Waals surface area contributed by atoms with Crippen molar-refractivity contribution in [3.63, 3.8) is 0 Å². The summed E-state index contributed by atoms with van der Waals surface area (Å²) in [7, 11) is 0. The van der Waals surface area contributed by atoms with Crippen LogP contribution >= 0.6 is 15.9 Å². The molecule has 1 aliphatic carbocycles. The second-order valence-electron chi connectivity index (χ2n) is 4.98. The summed E-state index contributed by atoms with van der Waals surface area (Å²) in [6.07, 6.45) is 4.12. The van der Waals surface area contributed by atoms with Gasteiger partial charge in [-0.1, -0.05) is 28.8 Å². The van der Waals surface area contributed by atoms with Crippen molar-refractivity contribution in [1.29, 1.82) is 0 Å². The second kappa shape index (κ2) is 6.52. The highest BCUT2D eigenvalue weighted by atomic mass is 79.9. The standard InChI is InChI=1S/C14H16BrF2NO2/c15-9-14(7-1-2-8-14)18-12(19)10-3-5-11(6-4-10)20-13(16)17/h3-6,13H,1-2,7-9H2,(H,18,19). The van der Waals surface area contributed by atoms with Crippen molar-refractivity contribution in [2.75, 3.05) is 5.33 Å². The van der Waals surface area contributed by atoms with Crippen LogP contribution < -0.4 is 10.1 Å². The van der Waals surface area contributed by atoms with Gasteiger partial charge in [-0.15, -0.1) is 0 Å². The number of halogens is 3. The van der Waals surface area contributed by atoms with E-state index < -0.39 is 6.61 Å². The molecule has 1 N–H and O–H groups in total. The predicted octanol–water partition coefficient (Wildman–Crippen LogP) is 3.73. The van der Waals surface area contributed by atoms with Crippen molar-refractivity contribution < 1.29 is 18.3 Å². The summed E-state index contributed by atoms with van der Waals surface area (Å²) in [6.45, 7) is -2.86. The highest BCUT2D eigenvalue weighted by Crippen LogP contribution is 2.31. The van der Waals surface area contributed by atoms with Gasteiger partial charge in [-0.05, 0) is 37.1 Å². The van der Waals surface area contributed by atoms with Crippen molar-refractivity contribution in [1.82, 2.24) is 5.32 Å². The minimum Gasteiger partial charge on any atom is -0.435 e. The summed E-state index contributed by atoms with van der Waals surface area (Å²) in [5.41, 5.74) is 0.258. The molecule has 0 bridgehead atoms. The molecule has 110 valence electrons. The van der Waals surface area contributed by atoms with Gasteiger partial charge in [0.25, 0.3) is 5.91 Å². The van der Waals surface area contributed by atoms with Crippen LogP contribution in [0.15, 0.2) is 24.3 Å². The van der Waals surface area contributed by atoms with Crippen LogP contribution in [0.3, 0.4) is 0 Å². The van der Waals surface area contributed by atoms with Crippen molar-refractivity contribution in [2.45, 2.75) is 37.8 Å². The van der Waals surface area contributed by atoms with Gasteiger partial charge < -0.3 is 10.1 Å². The first-order chi connectivity index (χ1) is 9.54. The molecule has 6 heteroatoms. The number of alkyl halides is 3. The van der Waals surface area contributed by atoms with Gasteiger partial charge in [0.05, 0.1) is 5.54 Å². The van der Waals surface area contributed by atoms with Crippen LogP contribution in [0.5, 0.6) is 5.75 Å². The number of carbonyl (C=O) groups excluding carboxylic acids is 1. The Hall–Kier alpha value is -1.17. The number of ether oxygens (including phenoxy) is 1. The Labute approximate surface area is 124 Å². The van der Waals surface area contributed by atoms with Gasteiger partial charge >= 0.3 is 6.61 Å². The molecule has 0 unspecified atom stereocenters. The molecule has 1 saturated carbocycles. The molecule has 2 rings (SSSR count). The van der Waals surface area contributed by atoms with Crippen LogP contribution in [-0.2, 0) is 0 Å². The quantitative estimate of drug-likeness (QED) is 0.824. The van der Waals surface area contributed by atoms with Gasteiger partial charge in [0.1, 0.15) is 5.75 Å². The van der Waals surface area contributed by atoms with E-state index in [9.17, 15) is 13.6 Å². The maximum Gasteiger partial charge on any atom is 0.387 e. The third-order valence-electron chi connectivity index (χ3n) is 3.54. The molecule has 1 aromatic rings. The van der Waals surface area contributed by atoms with Gasteiger partial charge in [0.15, 0.2) is 0 Å². The van der Waals surface area contributed by atoms with Gasteiger partial charge in [0.2, 0.25) is 0 Å². The molecule has 0 spiro atoms. The van der Waals surface area contributed by atoms with Crippen molar-refractivity contribution in [3.05, 3.63) is 29.8 Å². The third kappa shape index (κ3) is 3.69. The zero-order chi connectivity index (χ0) is 14.6. The number of rotatable bonds is 5. The molecule has 0 aliphatic heterocycles. The lowest BCUT2D eigenvalue weighted by Crippen LogP contribution is -2.47. The van der Waals surface area contributed by atoms with Crippen LogP contribution in [0.25, 0.3) is 0 Å². The SMILES string of the molecule is O=C(NC1(CBr)CCCC1)c1ccc(OC(F)F)cc1. The lowest BCUT2D eigenvalue weighted by atomic mass is 10.00. The summed E-state index contributed by atoms with van der Waals surface area (Å²) in [5.74, 6) is -0.137. The zero-order valence-electron chi connectivity index (χ0n) is 10.9. The maximum absolute atomic E-state index is 12.2. The van der Waals surface area contributed by atoms with Crippen molar-refractivity contribution in [2.24, 2.45) is 0 Å². The molecule has 1 amide bonds. The maximum atomic E-state index is 12.2. The first-order valence-electron chi connectivity index (χ1n) is 6.48. The van der Waals surface area contributed by atoms with E-state index in [0.29, 0.717) is 5.56 Å². The average molecular weight is 348 g/mol. The molecule has 0 radical (unpaired) electrons. The largest absolute Gasteiger partial charge is 0.435 e. The Balaban J connectivity index is 2.02. The minimum absolute atomic E-state index is 0.0487. The van der Waals surface area contributed by atoms with Crippen LogP contribution in [0, 0.1) is 0 Å². The van der Waals surface area contributed by atoms with E-state index in [4.69, 9.17) is 0 Å². The number of hydrogen-bond acceptors (Lipinski definition) is 2. The smallest absolute Gasteiger partial charge is 0.387 e. The molecule has 1 aliphatic rings. The Kier molecular flexibility index (Phi) is 4.96. The van der Waals surface area contributed by atoms with Gasteiger partial charge in [-0.25, -0.2) is 0 Å². The number of carbonyl (C=O) groups is 1. The Morgan fingerprint density at radius 3 is 2.40 bits per heavy atom. The van der Waals surface area contributed by atoms with E-state index in [1.54, 1.807) is 0 Å².